The monoisotopic (exact) mass is 287 g/mol. The third-order valence-corrected chi connectivity index (χ3v) is 3.93. The van der Waals surface area contributed by atoms with Crippen molar-refractivity contribution >= 4 is 11.6 Å². The largest absolute Gasteiger partial charge is 0.489 e. The molecule has 0 bridgehead atoms. The van der Waals surface area contributed by atoms with Crippen molar-refractivity contribution in [3.8, 4) is 5.75 Å². The van der Waals surface area contributed by atoms with E-state index >= 15 is 0 Å². The minimum atomic E-state index is 0.0273. The number of benzene rings is 2. The maximum Gasteiger partial charge on any atom is 0.124 e. The molecule has 0 saturated heterocycles. The van der Waals surface area contributed by atoms with Crippen LogP contribution in [0.4, 0.5) is 0 Å². The SMILES string of the molecule is NC(c1cc(Cl)ccc1OCc1ccccc1)C1CC1. The van der Waals surface area contributed by atoms with E-state index in [1.807, 2.05) is 36.4 Å². The third-order valence-electron chi connectivity index (χ3n) is 3.70. The molecule has 1 saturated carbocycles. The van der Waals surface area contributed by atoms with Crippen molar-refractivity contribution in [1.82, 2.24) is 0 Å². The van der Waals surface area contributed by atoms with Crippen molar-refractivity contribution in [2.45, 2.75) is 25.5 Å². The van der Waals surface area contributed by atoms with Crippen LogP contribution in [0.5, 0.6) is 5.75 Å². The quantitative estimate of drug-likeness (QED) is 0.888. The van der Waals surface area contributed by atoms with Crippen molar-refractivity contribution < 1.29 is 4.74 Å². The van der Waals surface area contributed by atoms with Crippen LogP contribution in [0.1, 0.15) is 30.0 Å². The Morgan fingerprint density at radius 2 is 1.90 bits per heavy atom. The molecule has 2 aromatic rings. The van der Waals surface area contributed by atoms with E-state index in [-0.39, 0.29) is 6.04 Å². The van der Waals surface area contributed by atoms with E-state index in [1.54, 1.807) is 0 Å². The van der Waals surface area contributed by atoms with E-state index in [2.05, 4.69) is 12.1 Å². The Kier molecular flexibility index (Phi) is 3.95. The lowest BCUT2D eigenvalue weighted by Gasteiger charge is -2.17. The third kappa shape index (κ3) is 3.14. The summed E-state index contributed by atoms with van der Waals surface area (Å²) in [6.07, 6.45) is 2.40. The summed E-state index contributed by atoms with van der Waals surface area (Å²) in [6.45, 7) is 0.548. The molecule has 1 aliphatic carbocycles. The smallest absolute Gasteiger partial charge is 0.124 e. The Bertz CT molecular complexity index is 581. The second-order valence-corrected chi connectivity index (χ2v) is 5.76. The molecule has 0 spiro atoms. The van der Waals surface area contributed by atoms with Crippen LogP contribution in [0.25, 0.3) is 0 Å². The average Bonchev–Trinajstić information content (AvgIpc) is 3.31. The molecule has 2 nitrogen and oxygen atoms in total. The summed E-state index contributed by atoms with van der Waals surface area (Å²) in [5.74, 6) is 1.42. The van der Waals surface area contributed by atoms with E-state index in [9.17, 15) is 0 Å². The summed E-state index contributed by atoms with van der Waals surface area (Å²) in [5.41, 5.74) is 8.47. The zero-order valence-electron chi connectivity index (χ0n) is 11.3. The van der Waals surface area contributed by atoms with Gasteiger partial charge in [0.15, 0.2) is 0 Å². The number of rotatable bonds is 5. The first-order valence-electron chi connectivity index (χ1n) is 6.96. The summed E-state index contributed by atoms with van der Waals surface area (Å²) in [5, 5.41) is 0.711. The van der Waals surface area contributed by atoms with E-state index in [4.69, 9.17) is 22.1 Å². The molecule has 2 aromatic carbocycles. The van der Waals surface area contributed by atoms with E-state index in [1.165, 1.54) is 12.8 Å². The highest BCUT2D eigenvalue weighted by molar-refractivity contribution is 6.30. The lowest BCUT2D eigenvalue weighted by molar-refractivity contribution is 0.300. The fourth-order valence-electron chi connectivity index (χ4n) is 2.36. The summed E-state index contributed by atoms with van der Waals surface area (Å²) in [7, 11) is 0. The zero-order chi connectivity index (χ0) is 13.9. The van der Waals surface area contributed by atoms with Gasteiger partial charge >= 0.3 is 0 Å². The van der Waals surface area contributed by atoms with Crippen molar-refractivity contribution in [3.05, 3.63) is 64.7 Å². The lowest BCUT2D eigenvalue weighted by Crippen LogP contribution is -2.14. The van der Waals surface area contributed by atoms with Crippen LogP contribution in [0, 0.1) is 5.92 Å². The van der Waals surface area contributed by atoms with Gasteiger partial charge in [-0.25, -0.2) is 0 Å². The average molecular weight is 288 g/mol. The van der Waals surface area contributed by atoms with Crippen molar-refractivity contribution in [3.63, 3.8) is 0 Å². The van der Waals surface area contributed by atoms with E-state index < -0.39 is 0 Å². The number of hydrogen-bond donors (Lipinski definition) is 1. The van der Waals surface area contributed by atoms with Gasteiger partial charge in [-0.05, 0) is 42.5 Å². The topological polar surface area (TPSA) is 35.2 Å². The highest BCUT2D eigenvalue weighted by atomic mass is 35.5. The molecule has 0 heterocycles. The molecule has 1 atom stereocenters. The summed E-state index contributed by atoms with van der Waals surface area (Å²) < 4.78 is 5.94. The fourth-order valence-corrected chi connectivity index (χ4v) is 2.54. The van der Waals surface area contributed by atoms with Crippen LogP contribution < -0.4 is 10.5 Å². The van der Waals surface area contributed by atoms with Crippen LogP contribution in [-0.4, -0.2) is 0 Å². The maximum absolute atomic E-state index is 6.30. The molecule has 20 heavy (non-hydrogen) atoms. The van der Waals surface area contributed by atoms with Crippen LogP contribution in [0.2, 0.25) is 5.02 Å². The highest BCUT2D eigenvalue weighted by Crippen LogP contribution is 2.42. The molecule has 3 heteroatoms. The Morgan fingerprint density at radius 3 is 2.60 bits per heavy atom. The molecule has 104 valence electrons. The molecule has 1 fully saturated rings. The Labute approximate surface area is 124 Å². The van der Waals surface area contributed by atoms with Crippen LogP contribution >= 0.6 is 11.6 Å². The lowest BCUT2D eigenvalue weighted by atomic mass is 10.0. The van der Waals surface area contributed by atoms with E-state index in [0.717, 1.165) is 16.9 Å². The molecule has 1 unspecified atom stereocenters. The number of nitrogens with two attached hydrogens (primary N) is 1. The molecule has 0 aliphatic heterocycles. The molecule has 0 radical (unpaired) electrons. The maximum atomic E-state index is 6.30. The van der Waals surface area contributed by atoms with Crippen molar-refractivity contribution in [2.24, 2.45) is 11.7 Å². The molecule has 2 N–H and O–H groups in total. The number of halogens is 1. The van der Waals surface area contributed by atoms with Gasteiger partial charge in [-0.3, -0.25) is 0 Å². The summed E-state index contributed by atoms with van der Waals surface area (Å²) in [4.78, 5) is 0. The number of ether oxygens (including phenoxy) is 1. The van der Waals surface area contributed by atoms with Crippen molar-refractivity contribution in [2.75, 3.05) is 0 Å². The minimum absolute atomic E-state index is 0.0273. The molecular weight excluding hydrogens is 270 g/mol. The molecule has 1 aliphatic rings. The van der Waals surface area contributed by atoms with Crippen LogP contribution in [0.15, 0.2) is 48.5 Å². The molecule has 3 rings (SSSR count). The van der Waals surface area contributed by atoms with Gasteiger partial charge in [0.25, 0.3) is 0 Å². The van der Waals surface area contributed by atoms with Gasteiger partial charge < -0.3 is 10.5 Å². The van der Waals surface area contributed by atoms with Gasteiger partial charge in [-0.1, -0.05) is 41.9 Å². The molecule has 0 amide bonds. The normalized spacial score (nSPS) is 15.9. The first-order chi connectivity index (χ1) is 9.74. The first-order valence-corrected chi connectivity index (χ1v) is 7.33. The predicted octanol–water partition coefficient (Wildman–Crippen LogP) is 4.33. The predicted molar refractivity (Wildman–Crippen MR) is 81.9 cm³/mol. The van der Waals surface area contributed by atoms with Gasteiger partial charge in [0.1, 0.15) is 12.4 Å². The van der Waals surface area contributed by atoms with Crippen LogP contribution in [-0.2, 0) is 6.61 Å². The molecule has 0 aromatic heterocycles. The Morgan fingerprint density at radius 1 is 1.15 bits per heavy atom. The van der Waals surface area contributed by atoms with Crippen LogP contribution in [0.3, 0.4) is 0 Å². The molecular formula is C17H18ClNO. The number of hydrogen-bond acceptors (Lipinski definition) is 2. The van der Waals surface area contributed by atoms with Gasteiger partial charge in [-0.15, -0.1) is 0 Å². The second-order valence-electron chi connectivity index (χ2n) is 5.32. The van der Waals surface area contributed by atoms with Gasteiger partial charge in [0, 0.05) is 16.6 Å². The van der Waals surface area contributed by atoms with Gasteiger partial charge in [0.2, 0.25) is 0 Å². The van der Waals surface area contributed by atoms with Gasteiger partial charge in [0.05, 0.1) is 0 Å². The Balaban J connectivity index is 1.78. The van der Waals surface area contributed by atoms with Crippen molar-refractivity contribution in [1.29, 1.82) is 0 Å². The first kappa shape index (κ1) is 13.5. The summed E-state index contributed by atoms with van der Waals surface area (Å²) in [6, 6.07) is 15.9. The fraction of sp³-hybridized carbons (Fsp3) is 0.294. The van der Waals surface area contributed by atoms with Gasteiger partial charge in [-0.2, -0.15) is 0 Å². The highest BCUT2D eigenvalue weighted by Gasteiger charge is 2.31. The summed E-state index contributed by atoms with van der Waals surface area (Å²) >= 11 is 6.09. The second kappa shape index (κ2) is 5.86. The Hall–Kier alpha value is -1.51. The van der Waals surface area contributed by atoms with E-state index in [0.29, 0.717) is 17.5 Å². The minimum Gasteiger partial charge on any atom is -0.489 e. The zero-order valence-corrected chi connectivity index (χ0v) is 12.0. The standard InChI is InChI=1S/C17H18ClNO/c18-14-8-9-16(15(10-14)17(19)13-6-7-13)20-11-12-4-2-1-3-5-12/h1-5,8-10,13,17H,6-7,11,19H2.